The van der Waals surface area contributed by atoms with Gasteiger partial charge in [0.25, 0.3) is 0 Å². The van der Waals surface area contributed by atoms with Crippen molar-refractivity contribution in [3.05, 3.63) is 35.4 Å². The summed E-state index contributed by atoms with van der Waals surface area (Å²) in [5.41, 5.74) is 1.74. The van der Waals surface area contributed by atoms with E-state index < -0.39 is 0 Å². The number of benzene rings is 1. The van der Waals surface area contributed by atoms with Gasteiger partial charge in [0.2, 0.25) is 0 Å². The highest BCUT2D eigenvalue weighted by atomic mass is 16.3. The van der Waals surface area contributed by atoms with Crippen LogP contribution in [0, 0.1) is 18.3 Å². The normalized spacial score (nSPS) is 10.0. The maximum Gasteiger partial charge on any atom is 0.118 e. The van der Waals surface area contributed by atoms with E-state index in [1.165, 1.54) is 6.08 Å². The van der Waals surface area contributed by atoms with Crippen LogP contribution in [0.5, 0.6) is 5.75 Å². The number of phenols is 1. The second-order valence-electron chi connectivity index (χ2n) is 2.51. The second kappa shape index (κ2) is 3.59. The minimum absolute atomic E-state index is 0.282. The van der Waals surface area contributed by atoms with E-state index in [4.69, 9.17) is 5.26 Å². The molecule has 0 aliphatic heterocycles. The van der Waals surface area contributed by atoms with Gasteiger partial charge in [0, 0.05) is 6.08 Å². The van der Waals surface area contributed by atoms with Crippen LogP contribution in [0.4, 0.5) is 0 Å². The standard InChI is InChI=1S/C10H9NO/c1-8-7-9(3-2-6-11)4-5-10(8)12/h2-5,7,12H,1H3. The molecule has 0 spiro atoms. The van der Waals surface area contributed by atoms with Gasteiger partial charge in [-0.15, -0.1) is 0 Å². The van der Waals surface area contributed by atoms with Gasteiger partial charge in [-0.2, -0.15) is 5.26 Å². The fourth-order valence-corrected chi connectivity index (χ4v) is 0.916. The van der Waals surface area contributed by atoms with Crippen LogP contribution in [0.1, 0.15) is 11.1 Å². The molecular formula is C10H9NO. The molecule has 1 aromatic carbocycles. The Kier molecular flexibility index (Phi) is 2.49. The average Bonchev–Trinajstić information content (AvgIpc) is 2.07. The number of nitriles is 1. The first kappa shape index (κ1) is 8.35. The molecule has 0 aliphatic carbocycles. The van der Waals surface area contributed by atoms with Crippen LogP contribution in [0.15, 0.2) is 24.3 Å². The monoisotopic (exact) mass is 159 g/mol. The predicted molar refractivity (Wildman–Crippen MR) is 47.5 cm³/mol. The van der Waals surface area contributed by atoms with E-state index >= 15 is 0 Å². The molecule has 0 heterocycles. The molecule has 2 heteroatoms. The number of hydrogen-bond donors (Lipinski definition) is 1. The van der Waals surface area contributed by atoms with E-state index in [0.29, 0.717) is 0 Å². The summed E-state index contributed by atoms with van der Waals surface area (Å²) in [5, 5.41) is 17.4. The third-order valence-corrected chi connectivity index (χ3v) is 1.57. The van der Waals surface area contributed by atoms with Crippen molar-refractivity contribution in [2.45, 2.75) is 6.92 Å². The summed E-state index contributed by atoms with van der Waals surface area (Å²) in [5.74, 6) is 0.282. The Morgan fingerprint density at radius 3 is 2.83 bits per heavy atom. The first-order valence-electron chi connectivity index (χ1n) is 3.60. The Bertz CT molecular complexity index is 347. The molecule has 0 saturated heterocycles. The predicted octanol–water partition coefficient (Wildman–Crippen LogP) is 2.24. The van der Waals surface area contributed by atoms with Crippen molar-refractivity contribution in [2.24, 2.45) is 0 Å². The number of aryl methyl sites for hydroxylation is 1. The van der Waals surface area contributed by atoms with E-state index in [1.807, 2.05) is 19.1 Å². The Labute approximate surface area is 71.4 Å². The first-order chi connectivity index (χ1) is 5.74. The minimum Gasteiger partial charge on any atom is -0.508 e. The van der Waals surface area contributed by atoms with E-state index in [9.17, 15) is 5.11 Å². The van der Waals surface area contributed by atoms with E-state index in [1.54, 1.807) is 18.2 Å². The summed E-state index contributed by atoms with van der Waals surface area (Å²) in [7, 11) is 0. The number of allylic oxidation sites excluding steroid dienone is 1. The van der Waals surface area contributed by atoms with Gasteiger partial charge in [0.05, 0.1) is 6.07 Å². The van der Waals surface area contributed by atoms with E-state index in [2.05, 4.69) is 0 Å². The summed E-state index contributed by atoms with van der Waals surface area (Å²) in [6.07, 6.45) is 3.11. The molecule has 0 aliphatic rings. The van der Waals surface area contributed by atoms with Crippen LogP contribution in [0.3, 0.4) is 0 Å². The number of nitrogens with zero attached hydrogens (tertiary/aromatic N) is 1. The van der Waals surface area contributed by atoms with Crippen LogP contribution in [0.25, 0.3) is 6.08 Å². The fourth-order valence-electron chi connectivity index (χ4n) is 0.916. The summed E-state index contributed by atoms with van der Waals surface area (Å²) in [6, 6.07) is 7.11. The Morgan fingerprint density at radius 2 is 2.25 bits per heavy atom. The van der Waals surface area contributed by atoms with Gasteiger partial charge < -0.3 is 5.11 Å². The Morgan fingerprint density at radius 1 is 1.50 bits per heavy atom. The molecule has 0 atom stereocenters. The van der Waals surface area contributed by atoms with E-state index in [-0.39, 0.29) is 5.75 Å². The lowest BCUT2D eigenvalue weighted by atomic mass is 10.1. The maximum atomic E-state index is 9.18. The highest BCUT2D eigenvalue weighted by Gasteiger charge is 1.93. The molecule has 0 bridgehead atoms. The number of aromatic hydroxyl groups is 1. The van der Waals surface area contributed by atoms with Crippen molar-refractivity contribution in [1.29, 1.82) is 5.26 Å². The van der Waals surface area contributed by atoms with Gasteiger partial charge >= 0.3 is 0 Å². The zero-order valence-electron chi connectivity index (χ0n) is 6.78. The summed E-state index contributed by atoms with van der Waals surface area (Å²) in [4.78, 5) is 0. The lowest BCUT2D eigenvalue weighted by molar-refractivity contribution is 0.471. The van der Waals surface area contributed by atoms with Crippen molar-refractivity contribution in [3.8, 4) is 11.8 Å². The molecule has 0 radical (unpaired) electrons. The molecule has 0 saturated carbocycles. The second-order valence-corrected chi connectivity index (χ2v) is 2.51. The average molecular weight is 159 g/mol. The highest BCUT2D eigenvalue weighted by Crippen LogP contribution is 2.17. The molecule has 12 heavy (non-hydrogen) atoms. The van der Waals surface area contributed by atoms with Crippen LogP contribution >= 0.6 is 0 Å². The fraction of sp³-hybridized carbons (Fsp3) is 0.100. The minimum atomic E-state index is 0.282. The third-order valence-electron chi connectivity index (χ3n) is 1.57. The zero-order valence-corrected chi connectivity index (χ0v) is 6.78. The lowest BCUT2D eigenvalue weighted by Gasteiger charge is -1.98. The van der Waals surface area contributed by atoms with Gasteiger partial charge in [-0.3, -0.25) is 0 Å². The molecule has 2 nitrogen and oxygen atoms in total. The van der Waals surface area contributed by atoms with Crippen molar-refractivity contribution >= 4 is 6.08 Å². The molecule has 60 valence electrons. The molecule has 0 unspecified atom stereocenters. The smallest absolute Gasteiger partial charge is 0.118 e. The SMILES string of the molecule is Cc1cc(C=CC#N)ccc1O. The largest absolute Gasteiger partial charge is 0.508 e. The van der Waals surface area contributed by atoms with Crippen LogP contribution in [0.2, 0.25) is 0 Å². The molecule has 1 N–H and O–H groups in total. The number of rotatable bonds is 1. The number of hydrogen-bond acceptors (Lipinski definition) is 2. The van der Waals surface area contributed by atoms with Crippen molar-refractivity contribution in [1.82, 2.24) is 0 Å². The topological polar surface area (TPSA) is 44.0 Å². The molecule has 0 amide bonds. The third kappa shape index (κ3) is 1.86. The van der Waals surface area contributed by atoms with Gasteiger partial charge in [-0.1, -0.05) is 6.07 Å². The molecule has 0 fully saturated rings. The Balaban J connectivity index is 2.99. The van der Waals surface area contributed by atoms with Gasteiger partial charge in [0.1, 0.15) is 5.75 Å². The van der Waals surface area contributed by atoms with Gasteiger partial charge in [-0.05, 0) is 36.3 Å². The summed E-state index contributed by atoms with van der Waals surface area (Å²) < 4.78 is 0. The summed E-state index contributed by atoms with van der Waals surface area (Å²) >= 11 is 0. The first-order valence-corrected chi connectivity index (χ1v) is 3.60. The lowest BCUT2D eigenvalue weighted by Crippen LogP contribution is -1.76. The number of phenolic OH excluding ortho intramolecular Hbond substituents is 1. The van der Waals surface area contributed by atoms with Gasteiger partial charge in [0.15, 0.2) is 0 Å². The Hall–Kier alpha value is -1.75. The molecule has 0 aromatic heterocycles. The maximum absolute atomic E-state index is 9.18. The summed E-state index contributed by atoms with van der Waals surface area (Å²) in [6.45, 7) is 1.82. The van der Waals surface area contributed by atoms with Crippen molar-refractivity contribution in [3.63, 3.8) is 0 Å². The van der Waals surface area contributed by atoms with Crippen LogP contribution in [-0.2, 0) is 0 Å². The quantitative estimate of drug-likeness (QED) is 0.638. The molecule has 1 aromatic rings. The van der Waals surface area contributed by atoms with Crippen molar-refractivity contribution < 1.29 is 5.11 Å². The van der Waals surface area contributed by atoms with Gasteiger partial charge in [-0.25, -0.2) is 0 Å². The molecule has 1 rings (SSSR count). The zero-order chi connectivity index (χ0) is 8.97. The van der Waals surface area contributed by atoms with Crippen molar-refractivity contribution in [2.75, 3.05) is 0 Å². The van der Waals surface area contributed by atoms with Crippen LogP contribution < -0.4 is 0 Å². The molecular weight excluding hydrogens is 150 g/mol. The highest BCUT2D eigenvalue weighted by molar-refractivity contribution is 5.54. The van der Waals surface area contributed by atoms with Crippen LogP contribution in [-0.4, -0.2) is 5.11 Å². The van der Waals surface area contributed by atoms with E-state index in [0.717, 1.165) is 11.1 Å².